The summed E-state index contributed by atoms with van der Waals surface area (Å²) in [5, 5.41) is 0. The van der Waals surface area contributed by atoms with Gasteiger partial charge in [0, 0.05) is 224 Å². The van der Waals surface area contributed by atoms with Crippen LogP contribution in [0.4, 0.5) is 0 Å². The number of rotatable bonds is 1. The average molecular weight is 828 g/mol. The van der Waals surface area contributed by atoms with Crippen LogP contribution in [0.25, 0.3) is 0 Å². The molecule has 168 valence electrons. The Hall–Kier alpha value is 4.95. The molecule has 0 fully saturated rings. The van der Waals surface area contributed by atoms with Crippen molar-refractivity contribution in [3.8, 4) is 0 Å². The molecule has 1 nitrogen and oxygen atoms in total. The van der Waals surface area contributed by atoms with Gasteiger partial charge in [0.1, 0.15) is 6.29 Å². The smallest absolute Gasteiger partial charge is 0.119 e. The summed E-state index contributed by atoms with van der Waals surface area (Å²) in [6.45, 7) is 1.81. The Morgan fingerprint density at radius 3 is 0.714 bits per heavy atom. The Bertz CT molecular complexity index is 1310. The van der Waals surface area contributed by atoms with E-state index in [9.17, 15) is 4.79 Å². The largest absolute Gasteiger partial charge is 0.303 e. The second kappa shape index (κ2) is 36.5. The Balaban J connectivity index is 0. The summed E-state index contributed by atoms with van der Waals surface area (Å²) in [6.07, 6.45) is 1.51. The molecule has 0 rings (SSSR count). The van der Waals surface area contributed by atoms with Gasteiger partial charge in [-0.05, 0) is 0 Å². The zero-order chi connectivity index (χ0) is 21.0. The van der Waals surface area contributed by atoms with Crippen LogP contribution in [0.5, 0.6) is 0 Å². The average Bonchev–Trinajstić information content (AvgIpc) is 2.72. The molecule has 0 spiro atoms. The lowest BCUT2D eigenvalue weighted by Gasteiger charge is -1.51. The van der Waals surface area contributed by atoms with Crippen molar-refractivity contribution in [2.24, 2.45) is 0 Å². The van der Waals surface area contributed by atoms with Crippen molar-refractivity contribution in [2.45, 2.75) is 13.3 Å². The molecule has 0 saturated heterocycles. The molecule has 0 aliphatic carbocycles. The fraction of sp³-hybridized carbons (Fsp3) is 0.667. The minimum absolute atomic E-state index is 0.639. The summed E-state index contributed by atoms with van der Waals surface area (Å²) in [5.41, 5.74) is 0. The van der Waals surface area contributed by atoms with E-state index in [2.05, 4.69) is 0 Å². The molecule has 0 atom stereocenters. The minimum atomic E-state index is 0.639. The molecular formula is C3H6OS24. The molecule has 0 aromatic rings. The molecule has 0 saturated carbocycles. The first-order valence-corrected chi connectivity index (χ1v) is 35.9. The zero-order valence-electron chi connectivity index (χ0n) is 12.5. The maximum absolute atomic E-state index is 9.17. The van der Waals surface area contributed by atoms with Crippen LogP contribution in [0.2, 0.25) is 0 Å². The third-order valence-electron chi connectivity index (χ3n) is 0.750. The Labute approximate surface area is 236 Å². The highest BCUT2D eigenvalue weighted by molar-refractivity contribution is 8.79. The van der Waals surface area contributed by atoms with Crippen LogP contribution in [0, 0.1) is 0 Å². The second-order valence-corrected chi connectivity index (χ2v) is 41.0. The molecule has 0 unspecified atom stereocenters. The van der Waals surface area contributed by atoms with Crippen LogP contribution in [0.3, 0.4) is 0 Å². The van der Waals surface area contributed by atoms with Crippen molar-refractivity contribution in [3.63, 3.8) is 0 Å². The van der Waals surface area contributed by atoms with E-state index in [1.165, 1.54) is 17.8 Å². The van der Waals surface area contributed by atoms with Gasteiger partial charge >= 0.3 is 0 Å². The number of carbonyl (C=O) groups is 1. The summed E-state index contributed by atoms with van der Waals surface area (Å²) in [5.74, 6) is 0. The van der Waals surface area contributed by atoms with Crippen LogP contribution < -0.4 is 0 Å². The first-order chi connectivity index (χ1) is 13.8. The highest BCUT2D eigenvalue weighted by Crippen LogP contribution is 1.53. The Morgan fingerprint density at radius 1 is 0.464 bits per heavy atom. The molecule has 0 aliphatic rings. The monoisotopic (exact) mass is 825 g/mol. The highest BCUT2D eigenvalue weighted by atomic mass is 33.5. The number of hydrogen-bond donors (Lipinski definition) is 0. The van der Waals surface area contributed by atoms with Crippen LogP contribution >= 0.6 is 0 Å². The predicted molar refractivity (Wildman–Crippen MR) is 193 cm³/mol. The van der Waals surface area contributed by atoms with Crippen molar-refractivity contribution in [1.82, 2.24) is 0 Å². The van der Waals surface area contributed by atoms with E-state index in [1.807, 2.05) is 42.4 Å². The molecule has 0 aromatic carbocycles. The third kappa shape index (κ3) is 38.2. The minimum Gasteiger partial charge on any atom is -0.303 e. The van der Waals surface area contributed by atoms with Gasteiger partial charge in [-0.25, -0.2) is 0 Å². The lowest BCUT2D eigenvalue weighted by Crippen LogP contribution is -1.55. The van der Waals surface area contributed by atoms with Crippen molar-refractivity contribution >= 4 is 224 Å². The van der Waals surface area contributed by atoms with E-state index in [0.29, 0.717) is 6.42 Å². The van der Waals surface area contributed by atoms with E-state index in [0.717, 1.165) is 6.29 Å². The second-order valence-electron chi connectivity index (χ2n) is 2.07. The molecule has 0 amide bonds. The molecular weight excluding hydrogens is 822 g/mol. The molecule has 0 radical (unpaired) electrons. The van der Waals surface area contributed by atoms with Gasteiger partial charge in [0.05, 0.1) is 0 Å². The lowest BCUT2D eigenvalue weighted by atomic mass is 10.6. The molecule has 28 heavy (non-hydrogen) atoms. The fourth-order valence-corrected chi connectivity index (χ4v) is 55.1. The van der Waals surface area contributed by atoms with Gasteiger partial charge < -0.3 is 4.79 Å². The van der Waals surface area contributed by atoms with Crippen molar-refractivity contribution in [2.75, 3.05) is 0 Å². The summed E-state index contributed by atoms with van der Waals surface area (Å²) < 4.78 is 0. The fourth-order valence-electron chi connectivity index (χ4n) is 0.227. The predicted octanol–water partition coefficient (Wildman–Crippen LogP) is 0.538. The van der Waals surface area contributed by atoms with E-state index in [4.69, 9.17) is 22.4 Å². The summed E-state index contributed by atoms with van der Waals surface area (Å²) >= 11 is 9.54. The summed E-state index contributed by atoms with van der Waals surface area (Å²) in [4.78, 5) is 9.17. The molecule has 0 aromatic heterocycles. The van der Waals surface area contributed by atoms with Crippen LogP contribution in [0.1, 0.15) is 13.3 Å². The first kappa shape index (κ1) is 35.1. The molecule has 0 bridgehead atoms. The Kier molecular flexibility index (Phi) is 45.8. The summed E-state index contributed by atoms with van der Waals surface area (Å²) in [6, 6.07) is 0. The van der Waals surface area contributed by atoms with Gasteiger partial charge in [-0.1, -0.05) is 6.92 Å². The van der Waals surface area contributed by atoms with E-state index >= 15 is 0 Å². The van der Waals surface area contributed by atoms with Gasteiger partial charge in [-0.2, -0.15) is 0 Å². The molecule has 0 heterocycles. The normalized spacial score (nSPS) is 7.32. The van der Waals surface area contributed by atoms with E-state index in [-0.39, 0.29) is 0 Å². The molecule has 0 aliphatic heterocycles. The number of carbonyl (C=O) groups excluding carboxylic acids is 1. The van der Waals surface area contributed by atoms with Gasteiger partial charge in [-0.15, -0.1) is 0 Å². The van der Waals surface area contributed by atoms with Gasteiger partial charge in [0.15, 0.2) is 0 Å². The summed E-state index contributed by atoms with van der Waals surface area (Å²) in [7, 11) is 38.1. The van der Waals surface area contributed by atoms with Crippen molar-refractivity contribution < 1.29 is 4.79 Å². The van der Waals surface area contributed by atoms with Crippen LogP contribution in [-0.4, -0.2) is 6.29 Å². The van der Waals surface area contributed by atoms with Crippen molar-refractivity contribution in [3.05, 3.63) is 0 Å². The molecule has 25 heteroatoms. The van der Waals surface area contributed by atoms with Crippen molar-refractivity contribution in [1.29, 1.82) is 0 Å². The van der Waals surface area contributed by atoms with E-state index < -0.39 is 0 Å². The maximum Gasteiger partial charge on any atom is 0.119 e. The topological polar surface area (TPSA) is 17.1 Å². The van der Waals surface area contributed by atoms with Crippen LogP contribution in [0.15, 0.2) is 0 Å². The standard InChI is InChI=1S/C3H6O.S24/c1-2-3-4;1-3-5-7-9-11-13-15-17-19-21-23-24-22-20-18-16-14-12-10-8-6-4-2/h3H,2H2,1H3;. The van der Waals surface area contributed by atoms with Gasteiger partial charge in [0.2, 0.25) is 0 Å². The number of hydrogen-bond acceptors (Lipinski definition) is 3. The highest BCUT2D eigenvalue weighted by Gasteiger charge is 1.52. The quantitative estimate of drug-likeness (QED) is 0.360. The SMILES string of the molecule is CCC=O.S=S=S=S=S=S=S=S=S=S=S=S=S=S=S=S=S=S=S=S=S=S=S=S. The molecule has 0 N–H and O–H groups in total. The lowest BCUT2D eigenvalue weighted by molar-refractivity contribution is -0.107. The van der Waals surface area contributed by atoms with E-state index in [1.54, 1.807) is 142 Å². The van der Waals surface area contributed by atoms with Gasteiger partial charge in [-0.3, -0.25) is 0 Å². The van der Waals surface area contributed by atoms with Gasteiger partial charge in [0.25, 0.3) is 0 Å². The third-order valence-corrected chi connectivity index (χ3v) is 47.4. The number of aldehydes is 1. The maximum atomic E-state index is 9.17. The Morgan fingerprint density at radius 2 is 0.607 bits per heavy atom. The van der Waals surface area contributed by atoms with Crippen LogP contribution in [-0.2, 0) is 223 Å². The zero-order valence-corrected chi connectivity index (χ0v) is 32.1. The first-order valence-electron chi connectivity index (χ1n) is 5.18.